The van der Waals surface area contributed by atoms with Crippen LogP contribution in [0.25, 0.3) is 0 Å². The van der Waals surface area contributed by atoms with Crippen molar-refractivity contribution < 1.29 is 32.3 Å². The van der Waals surface area contributed by atoms with Gasteiger partial charge in [-0.3, -0.25) is 4.79 Å². The van der Waals surface area contributed by atoms with Gasteiger partial charge >= 0.3 is 18.1 Å². The van der Waals surface area contributed by atoms with Gasteiger partial charge in [-0.15, -0.1) is 0 Å². The van der Waals surface area contributed by atoms with Crippen molar-refractivity contribution in [3.63, 3.8) is 0 Å². The SMILES string of the molecule is O=C(N1CCC(F)(C(=O)O)CC1)C(F)(F)F. The second-order valence-corrected chi connectivity index (χ2v) is 3.56. The van der Waals surface area contributed by atoms with Crippen molar-refractivity contribution in [3.05, 3.63) is 0 Å². The van der Waals surface area contributed by atoms with E-state index in [-0.39, 0.29) is 0 Å². The van der Waals surface area contributed by atoms with Gasteiger partial charge in [-0.25, -0.2) is 9.18 Å². The zero-order valence-electron chi connectivity index (χ0n) is 8.05. The average Bonchev–Trinajstić information content (AvgIpc) is 2.16. The highest BCUT2D eigenvalue weighted by atomic mass is 19.4. The highest BCUT2D eigenvalue weighted by Gasteiger charge is 2.48. The fourth-order valence-electron chi connectivity index (χ4n) is 1.46. The Morgan fingerprint density at radius 2 is 1.62 bits per heavy atom. The Kier molecular flexibility index (Phi) is 3.11. The molecule has 0 bridgehead atoms. The predicted octanol–water partition coefficient (Wildman–Crippen LogP) is 0.964. The van der Waals surface area contributed by atoms with Gasteiger partial charge in [0.05, 0.1) is 0 Å². The molecule has 1 N–H and O–H groups in total. The summed E-state index contributed by atoms with van der Waals surface area (Å²) in [6.07, 6.45) is -6.24. The molecular weight excluding hydrogens is 234 g/mol. The van der Waals surface area contributed by atoms with Crippen LogP contribution in [-0.2, 0) is 9.59 Å². The molecule has 1 saturated heterocycles. The van der Waals surface area contributed by atoms with E-state index in [1.54, 1.807) is 0 Å². The number of aliphatic carboxylic acids is 1. The molecule has 0 aromatic rings. The number of rotatable bonds is 1. The van der Waals surface area contributed by atoms with Gasteiger partial charge in [0.1, 0.15) is 0 Å². The van der Waals surface area contributed by atoms with Crippen LogP contribution in [0.1, 0.15) is 12.8 Å². The van der Waals surface area contributed by atoms with Crippen LogP contribution in [0, 0.1) is 0 Å². The van der Waals surface area contributed by atoms with Gasteiger partial charge < -0.3 is 10.0 Å². The molecular formula is C8H9F4NO3. The van der Waals surface area contributed by atoms with Crippen molar-refractivity contribution in [2.45, 2.75) is 24.7 Å². The van der Waals surface area contributed by atoms with E-state index >= 15 is 0 Å². The first-order valence-electron chi connectivity index (χ1n) is 4.45. The number of likely N-dealkylation sites (tertiary alicyclic amines) is 1. The summed E-state index contributed by atoms with van der Waals surface area (Å²) in [5, 5.41) is 8.48. The molecule has 0 aromatic carbocycles. The number of hydrogen-bond acceptors (Lipinski definition) is 2. The van der Waals surface area contributed by atoms with Crippen molar-refractivity contribution in [1.29, 1.82) is 0 Å². The van der Waals surface area contributed by atoms with Crippen LogP contribution in [0.4, 0.5) is 17.6 Å². The van der Waals surface area contributed by atoms with E-state index in [0.29, 0.717) is 4.90 Å². The first-order valence-corrected chi connectivity index (χ1v) is 4.45. The van der Waals surface area contributed by atoms with Gasteiger partial charge in [0.25, 0.3) is 0 Å². The zero-order valence-corrected chi connectivity index (χ0v) is 8.05. The van der Waals surface area contributed by atoms with Crippen LogP contribution in [0.2, 0.25) is 0 Å². The fourth-order valence-corrected chi connectivity index (χ4v) is 1.46. The Labute approximate surface area is 87.8 Å². The van der Waals surface area contributed by atoms with E-state index in [1.807, 2.05) is 0 Å². The molecule has 1 fully saturated rings. The first-order chi connectivity index (χ1) is 7.17. The predicted molar refractivity (Wildman–Crippen MR) is 43.3 cm³/mol. The maximum absolute atomic E-state index is 13.4. The molecule has 0 saturated carbocycles. The van der Waals surface area contributed by atoms with Crippen LogP contribution in [0.3, 0.4) is 0 Å². The second kappa shape index (κ2) is 3.91. The summed E-state index contributed by atoms with van der Waals surface area (Å²) in [6.45, 7) is -1.08. The Morgan fingerprint density at radius 1 is 1.19 bits per heavy atom. The first kappa shape index (κ1) is 12.7. The number of carboxylic acids is 1. The summed E-state index contributed by atoms with van der Waals surface area (Å²) >= 11 is 0. The number of carboxylic acid groups (broad SMARTS) is 1. The van der Waals surface area contributed by atoms with E-state index in [9.17, 15) is 27.2 Å². The Hall–Kier alpha value is -1.34. The number of alkyl halides is 4. The van der Waals surface area contributed by atoms with Crippen LogP contribution in [0.15, 0.2) is 0 Å². The van der Waals surface area contributed by atoms with E-state index in [4.69, 9.17) is 5.11 Å². The molecule has 0 atom stereocenters. The molecule has 1 aliphatic heterocycles. The number of halogens is 4. The lowest BCUT2D eigenvalue weighted by molar-refractivity contribution is -0.188. The third-order valence-electron chi connectivity index (χ3n) is 2.47. The van der Waals surface area contributed by atoms with Gasteiger partial charge in [0, 0.05) is 25.9 Å². The van der Waals surface area contributed by atoms with Gasteiger partial charge in [-0.05, 0) is 0 Å². The highest BCUT2D eigenvalue weighted by Crippen LogP contribution is 2.29. The molecule has 16 heavy (non-hydrogen) atoms. The molecule has 1 amide bonds. The van der Waals surface area contributed by atoms with Crippen LogP contribution in [-0.4, -0.2) is 46.8 Å². The summed E-state index contributed by atoms with van der Waals surface area (Å²) in [5.74, 6) is -3.76. The summed E-state index contributed by atoms with van der Waals surface area (Å²) in [4.78, 5) is 21.6. The quantitative estimate of drug-likeness (QED) is 0.698. The standard InChI is InChI=1S/C8H9F4NO3/c9-7(6(15)16)1-3-13(4-2-7)5(14)8(10,11)12/h1-4H2,(H,15,16). The van der Waals surface area contributed by atoms with Crippen molar-refractivity contribution in [2.24, 2.45) is 0 Å². The smallest absolute Gasteiger partial charge is 0.471 e. The number of carbonyl (C=O) groups is 2. The second-order valence-electron chi connectivity index (χ2n) is 3.56. The molecule has 8 heteroatoms. The summed E-state index contributed by atoms with van der Waals surface area (Å²) in [6, 6.07) is 0. The Bertz CT molecular complexity index is 307. The third-order valence-corrected chi connectivity index (χ3v) is 2.47. The molecule has 1 rings (SSSR count). The number of carbonyl (C=O) groups excluding carboxylic acids is 1. The molecule has 1 aliphatic rings. The van der Waals surface area contributed by atoms with E-state index in [2.05, 4.69) is 0 Å². The lowest BCUT2D eigenvalue weighted by Crippen LogP contribution is -2.51. The molecule has 0 aliphatic carbocycles. The molecule has 0 spiro atoms. The van der Waals surface area contributed by atoms with Crippen molar-refractivity contribution in [3.8, 4) is 0 Å². The van der Waals surface area contributed by atoms with Crippen molar-refractivity contribution >= 4 is 11.9 Å². The van der Waals surface area contributed by atoms with Crippen molar-refractivity contribution in [2.75, 3.05) is 13.1 Å². The number of amides is 1. The maximum Gasteiger partial charge on any atom is 0.471 e. The lowest BCUT2D eigenvalue weighted by Gasteiger charge is -2.33. The minimum atomic E-state index is -5.00. The maximum atomic E-state index is 13.4. The molecule has 0 unspecified atom stereocenters. The number of nitrogens with zero attached hydrogens (tertiary/aromatic N) is 1. The Morgan fingerprint density at radius 3 is 1.94 bits per heavy atom. The number of hydrogen-bond donors (Lipinski definition) is 1. The fraction of sp³-hybridized carbons (Fsp3) is 0.750. The molecule has 0 aromatic heterocycles. The highest BCUT2D eigenvalue weighted by molar-refractivity contribution is 5.83. The molecule has 4 nitrogen and oxygen atoms in total. The van der Waals surface area contributed by atoms with Gasteiger partial charge in [0.2, 0.25) is 5.67 Å². The summed E-state index contributed by atoms with van der Waals surface area (Å²) in [5.41, 5.74) is -2.53. The molecule has 1 heterocycles. The topological polar surface area (TPSA) is 57.6 Å². The third kappa shape index (κ3) is 2.42. The van der Waals surface area contributed by atoms with E-state index < -0.39 is 49.7 Å². The zero-order chi connectivity index (χ0) is 12.6. The van der Waals surface area contributed by atoms with E-state index in [1.165, 1.54) is 0 Å². The molecule has 0 radical (unpaired) electrons. The van der Waals surface area contributed by atoms with Gasteiger partial charge in [-0.1, -0.05) is 0 Å². The van der Waals surface area contributed by atoms with E-state index in [0.717, 1.165) is 0 Å². The van der Waals surface area contributed by atoms with Crippen molar-refractivity contribution in [1.82, 2.24) is 4.90 Å². The lowest BCUT2D eigenvalue weighted by atomic mass is 9.93. The average molecular weight is 243 g/mol. The molecule has 92 valence electrons. The largest absolute Gasteiger partial charge is 0.479 e. The van der Waals surface area contributed by atoms with Crippen LogP contribution >= 0.6 is 0 Å². The van der Waals surface area contributed by atoms with Crippen LogP contribution in [0.5, 0.6) is 0 Å². The normalized spacial score (nSPS) is 20.6. The van der Waals surface area contributed by atoms with Gasteiger partial charge in [-0.2, -0.15) is 13.2 Å². The summed E-state index contributed by atoms with van der Waals surface area (Å²) in [7, 11) is 0. The summed E-state index contributed by atoms with van der Waals surface area (Å²) < 4.78 is 49.4. The van der Waals surface area contributed by atoms with Gasteiger partial charge in [0.15, 0.2) is 0 Å². The Balaban J connectivity index is 2.63. The minimum absolute atomic E-state index is 0.417. The number of piperidine rings is 1. The van der Waals surface area contributed by atoms with Crippen LogP contribution < -0.4 is 0 Å². The minimum Gasteiger partial charge on any atom is -0.479 e. The monoisotopic (exact) mass is 243 g/mol.